The fraction of sp³-hybridized carbons (Fsp3) is 0.400. The Kier molecular flexibility index (Phi) is 3.00. The third-order valence-corrected chi connectivity index (χ3v) is 2.02. The molecule has 1 aromatic heterocycles. The first kappa shape index (κ1) is 11.1. The van der Waals surface area contributed by atoms with E-state index < -0.39 is 0 Å². The normalized spacial score (nSPS) is 9.53. The summed E-state index contributed by atoms with van der Waals surface area (Å²) in [5.74, 6) is 1.02. The predicted octanol–water partition coefficient (Wildman–Crippen LogP) is 0.667. The minimum Gasteiger partial charge on any atom is -0.384 e. The quantitative estimate of drug-likeness (QED) is 0.768. The maximum Gasteiger partial charge on any atom is 0.150 e. The van der Waals surface area contributed by atoms with Crippen LogP contribution in [-0.4, -0.2) is 33.2 Å². The number of nitriles is 1. The molecule has 0 amide bonds. The molecule has 1 aromatic rings. The second-order valence-corrected chi connectivity index (χ2v) is 3.67. The first-order valence-electron chi connectivity index (χ1n) is 4.52. The number of rotatable bonds is 2. The SMILES string of the molecule is CN(C)c1cc(N)nc(N(C)C)c1C#N. The first-order chi connectivity index (χ1) is 6.97. The van der Waals surface area contributed by atoms with Crippen LogP contribution in [0, 0.1) is 11.3 Å². The van der Waals surface area contributed by atoms with E-state index in [1.807, 2.05) is 33.1 Å². The van der Waals surface area contributed by atoms with Gasteiger partial charge < -0.3 is 15.5 Å². The lowest BCUT2D eigenvalue weighted by atomic mass is 10.2. The molecule has 0 aliphatic heterocycles. The van der Waals surface area contributed by atoms with Gasteiger partial charge in [-0.05, 0) is 0 Å². The van der Waals surface area contributed by atoms with Gasteiger partial charge in [-0.2, -0.15) is 5.26 Å². The molecule has 5 nitrogen and oxygen atoms in total. The summed E-state index contributed by atoms with van der Waals surface area (Å²) in [4.78, 5) is 7.77. The molecule has 0 fully saturated rings. The van der Waals surface area contributed by atoms with Crippen LogP contribution in [0.15, 0.2) is 6.07 Å². The van der Waals surface area contributed by atoms with Crippen molar-refractivity contribution in [3.05, 3.63) is 11.6 Å². The molecule has 0 atom stereocenters. The van der Waals surface area contributed by atoms with E-state index in [2.05, 4.69) is 11.1 Å². The van der Waals surface area contributed by atoms with Crippen molar-refractivity contribution >= 4 is 17.3 Å². The molecule has 15 heavy (non-hydrogen) atoms. The van der Waals surface area contributed by atoms with Gasteiger partial charge in [-0.1, -0.05) is 0 Å². The molecule has 0 aliphatic rings. The van der Waals surface area contributed by atoms with Gasteiger partial charge in [-0.15, -0.1) is 0 Å². The third-order valence-electron chi connectivity index (χ3n) is 2.02. The number of nitrogens with zero attached hydrogens (tertiary/aromatic N) is 4. The van der Waals surface area contributed by atoms with E-state index in [1.165, 1.54) is 0 Å². The zero-order valence-electron chi connectivity index (χ0n) is 9.44. The molecular weight excluding hydrogens is 190 g/mol. The molecule has 0 spiro atoms. The van der Waals surface area contributed by atoms with Crippen molar-refractivity contribution in [2.24, 2.45) is 0 Å². The Morgan fingerprint density at radius 1 is 1.27 bits per heavy atom. The fourth-order valence-electron chi connectivity index (χ4n) is 1.32. The van der Waals surface area contributed by atoms with Crippen LogP contribution in [0.3, 0.4) is 0 Å². The highest BCUT2D eigenvalue weighted by Crippen LogP contribution is 2.27. The summed E-state index contributed by atoms with van der Waals surface area (Å²) < 4.78 is 0. The average molecular weight is 205 g/mol. The van der Waals surface area contributed by atoms with Crippen molar-refractivity contribution in [3.8, 4) is 6.07 Å². The van der Waals surface area contributed by atoms with Gasteiger partial charge >= 0.3 is 0 Å². The number of hydrogen-bond acceptors (Lipinski definition) is 5. The van der Waals surface area contributed by atoms with Crippen LogP contribution in [0.5, 0.6) is 0 Å². The van der Waals surface area contributed by atoms with E-state index in [1.54, 1.807) is 11.0 Å². The van der Waals surface area contributed by atoms with E-state index in [4.69, 9.17) is 11.0 Å². The molecule has 2 N–H and O–H groups in total. The monoisotopic (exact) mass is 205 g/mol. The van der Waals surface area contributed by atoms with Gasteiger partial charge in [0.1, 0.15) is 17.5 Å². The maximum absolute atomic E-state index is 9.10. The number of nitrogens with two attached hydrogens (primary N) is 1. The average Bonchev–Trinajstić information content (AvgIpc) is 2.16. The number of aromatic nitrogens is 1. The Balaban J connectivity index is 3.47. The largest absolute Gasteiger partial charge is 0.384 e. The predicted molar refractivity (Wildman–Crippen MR) is 62.0 cm³/mol. The molecule has 0 saturated carbocycles. The van der Waals surface area contributed by atoms with E-state index in [0.29, 0.717) is 17.2 Å². The van der Waals surface area contributed by atoms with E-state index in [0.717, 1.165) is 5.69 Å². The van der Waals surface area contributed by atoms with E-state index >= 15 is 0 Å². The van der Waals surface area contributed by atoms with Gasteiger partial charge in [0.25, 0.3) is 0 Å². The van der Waals surface area contributed by atoms with Gasteiger partial charge in [0.05, 0.1) is 5.69 Å². The Morgan fingerprint density at radius 2 is 1.87 bits per heavy atom. The zero-order chi connectivity index (χ0) is 11.6. The van der Waals surface area contributed by atoms with Gasteiger partial charge in [0.2, 0.25) is 0 Å². The first-order valence-corrected chi connectivity index (χ1v) is 4.52. The minimum atomic E-state index is 0.418. The summed E-state index contributed by atoms with van der Waals surface area (Å²) in [6.45, 7) is 0. The molecular formula is C10H15N5. The molecule has 0 saturated heterocycles. The van der Waals surface area contributed by atoms with Crippen molar-refractivity contribution in [3.63, 3.8) is 0 Å². The maximum atomic E-state index is 9.10. The third kappa shape index (κ3) is 2.10. The van der Waals surface area contributed by atoms with Crippen molar-refractivity contribution in [2.45, 2.75) is 0 Å². The second kappa shape index (κ2) is 4.05. The van der Waals surface area contributed by atoms with Gasteiger partial charge in [0, 0.05) is 34.3 Å². The van der Waals surface area contributed by atoms with Crippen LogP contribution in [0.4, 0.5) is 17.3 Å². The lowest BCUT2D eigenvalue weighted by Crippen LogP contribution is -2.18. The highest BCUT2D eigenvalue weighted by atomic mass is 15.2. The summed E-state index contributed by atoms with van der Waals surface area (Å²) in [7, 11) is 7.41. The molecule has 1 rings (SSSR count). The Bertz CT molecular complexity index is 374. The summed E-state index contributed by atoms with van der Waals surface area (Å²) >= 11 is 0. The number of pyridine rings is 1. The van der Waals surface area contributed by atoms with Crippen molar-refractivity contribution in [2.75, 3.05) is 43.7 Å². The molecule has 0 radical (unpaired) electrons. The van der Waals surface area contributed by atoms with Gasteiger partial charge in [-0.3, -0.25) is 0 Å². The Morgan fingerprint density at radius 3 is 2.27 bits per heavy atom. The Labute approximate surface area is 89.7 Å². The molecule has 0 bridgehead atoms. The van der Waals surface area contributed by atoms with E-state index in [-0.39, 0.29) is 0 Å². The van der Waals surface area contributed by atoms with Gasteiger partial charge in [-0.25, -0.2) is 4.98 Å². The standard InChI is InChI=1S/C10H15N5/c1-14(2)8-5-9(12)13-10(15(3)4)7(8)6-11/h5H,1-4H3,(H2,12,13). The lowest BCUT2D eigenvalue weighted by molar-refractivity contribution is 1.04. The Hall–Kier alpha value is -1.96. The minimum absolute atomic E-state index is 0.418. The highest BCUT2D eigenvalue weighted by Gasteiger charge is 2.14. The lowest BCUT2D eigenvalue weighted by Gasteiger charge is -2.20. The summed E-state index contributed by atoms with van der Waals surface area (Å²) in [5, 5.41) is 9.10. The number of anilines is 3. The molecule has 1 heterocycles. The van der Waals surface area contributed by atoms with Crippen LogP contribution >= 0.6 is 0 Å². The van der Waals surface area contributed by atoms with Crippen LogP contribution in [0.1, 0.15) is 5.56 Å². The number of hydrogen-bond donors (Lipinski definition) is 1. The molecule has 0 aromatic carbocycles. The molecule has 80 valence electrons. The smallest absolute Gasteiger partial charge is 0.150 e. The molecule has 0 unspecified atom stereocenters. The van der Waals surface area contributed by atoms with Crippen LogP contribution in [0.2, 0.25) is 0 Å². The van der Waals surface area contributed by atoms with Crippen LogP contribution < -0.4 is 15.5 Å². The fourth-order valence-corrected chi connectivity index (χ4v) is 1.32. The molecule has 0 aliphatic carbocycles. The number of nitrogen functional groups attached to an aromatic ring is 1. The van der Waals surface area contributed by atoms with Crippen molar-refractivity contribution in [1.82, 2.24) is 4.98 Å². The van der Waals surface area contributed by atoms with Crippen LogP contribution in [-0.2, 0) is 0 Å². The topological polar surface area (TPSA) is 69.2 Å². The van der Waals surface area contributed by atoms with Crippen molar-refractivity contribution < 1.29 is 0 Å². The second-order valence-electron chi connectivity index (χ2n) is 3.67. The van der Waals surface area contributed by atoms with Crippen LogP contribution in [0.25, 0.3) is 0 Å². The summed E-state index contributed by atoms with van der Waals surface area (Å²) in [6, 6.07) is 3.85. The van der Waals surface area contributed by atoms with Gasteiger partial charge in [0.15, 0.2) is 5.82 Å². The summed E-state index contributed by atoms with van der Waals surface area (Å²) in [5.41, 5.74) is 7.01. The van der Waals surface area contributed by atoms with Crippen molar-refractivity contribution in [1.29, 1.82) is 5.26 Å². The van der Waals surface area contributed by atoms with E-state index in [9.17, 15) is 0 Å². The molecule has 5 heteroatoms. The zero-order valence-corrected chi connectivity index (χ0v) is 9.44. The highest BCUT2D eigenvalue weighted by molar-refractivity contribution is 5.72. The summed E-state index contributed by atoms with van der Waals surface area (Å²) in [6.07, 6.45) is 0.